The van der Waals surface area contributed by atoms with Crippen LogP contribution < -0.4 is 0 Å². The zero-order valence-corrected chi connectivity index (χ0v) is 12.5. The lowest BCUT2D eigenvalue weighted by Gasteiger charge is -2.08. The number of rotatable bonds is 1. The molecule has 0 radical (unpaired) electrons. The van der Waals surface area contributed by atoms with Gasteiger partial charge in [-0.25, -0.2) is 0 Å². The summed E-state index contributed by atoms with van der Waals surface area (Å²) in [5.41, 5.74) is 11.0. The van der Waals surface area contributed by atoms with E-state index in [1.54, 1.807) is 0 Å². The molecule has 0 fully saturated rings. The predicted molar refractivity (Wildman–Crippen MR) is 89.6 cm³/mol. The van der Waals surface area contributed by atoms with E-state index in [9.17, 15) is 0 Å². The van der Waals surface area contributed by atoms with Crippen molar-refractivity contribution >= 4 is 0 Å². The van der Waals surface area contributed by atoms with Crippen LogP contribution in [0.1, 0.15) is 22.3 Å². The quantitative estimate of drug-likeness (QED) is 0.426. The Morgan fingerprint density at radius 1 is 0.619 bits per heavy atom. The van der Waals surface area contributed by atoms with Gasteiger partial charge in [-0.1, -0.05) is 65.7 Å². The molecule has 1 aliphatic rings. The summed E-state index contributed by atoms with van der Waals surface area (Å²) in [6.45, 7) is 4.33. The molecule has 0 amide bonds. The zero-order valence-electron chi connectivity index (χ0n) is 12.5. The molecule has 0 nitrogen and oxygen atoms in total. The second kappa shape index (κ2) is 4.60. The van der Waals surface area contributed by atoms with Crippen molar-refractivity contribution < 1.29 is 0 Å². The molecule has 0 heteroatoms. The third-order valence-corrected chi connectivity index (χ3v) is 4.35. The van der Waals surface area contributed by atoms with Crippen molar-refractivity contribution in [3.05, 3.63) is 82.9 Å². The second-order valence-electron chi connectivity index (χ2n) is 6.08. The molecule has 1 aliphatic carbocycles. The maximum Gasteiger partial charge on any atom is -0.00134 e. The third-order valence-electron chi connectivity index (χ3n) is 4.35. The topological polar surface area (TPSA) is 0 Å². The largest absolute Gasteiger partial charge is 0.0619 e. The fraction of sp³-hybridized carbons (Fsp3) is 0.143. The molecule has 0 unspecified atom stereocenters. The molecule has 21 heavy (non-hydrogen) atoms. The first-order valence-corrected chi connectivity index (χ1v) is 7.50. The maximum absolute atomic E-state index is 2.36. The van der Waals surface area contributed by atoms with Gasteiger partial charge < -0.3 is 0 Å². The summed E-state index contributed by atoms with van der Waals surface area (Å²) >= 11 is 0. The Morgan fingerprint density at radius 2 is 1.33 bits per heavy atom. The van der Waals surface area contributed by atoms with E-state index in [-0.39, 0.29) is 0 Å². The summed E-state index contributed by atoms with van der Waals surface area (Å²) in [6.07, 6.45) is 1.07. The number of hydrogen-bond acceptors (Lipinski definition) is 0. The minimum Gasteiger partial charge on any atom is -0.0619 e. The number of fused-ring (bicyclic) bond motifs is 3. The summed E-state index contributed by atoms with van der Waals surface area (Å²) in [4.78, 5) is 0. The van der Waals surface area contributed by atoms with Gasteiger partial charge in [-0.15, -0.1) is 0 Å². The van der Waals surface area contributed by atoms with Gasteiger partial charge in [-0.3, -0.25) is 0 Å². The molecule has 3 aromatic carbocycles. The molecular formula is C21H18. The molecule has 3 aromatic rings. The van der Waals surface area contributed by atoms with Crippen LogP contribution in [0.5, 0.6) is 0 Å². The molecule has 0 saturated carbocycles. The van der Waals surface area contributed by atoms with Crippen LogP contribution in [0.15, 0.2) is 60.7 Å². The van der Waals surface area contributed by atoms with Crippen molar-refractivity contribution in [3.63, 3.8) is 0 Å². The molecule has 0 saturated heterocycles. The van der Waals surface area contributed by atoms with Gasteiger partial charge in [0.25, 0.3) is 0 Å². The third kappa shape index (κ3) is 2.08. The van der Waals surface area contributed by atoms with Crippen LogP contribution in [-0.2, 0) is 6.42 Å². The van der Waals surface area contributed by atoms with Gasteiger partial charge in [0.15, 0.2) is 0 Å². The van der Waals surface area contributed by atoms with Crippen LogP contribution in [0.2, 0.25) is 0 Å². The van der Waals surface area contributed by atoms with E-state index in [0.29, 0.717) is 0 Å². The van der Waals surface area contributed by atoms with E-state index in [4.69, 9.17) is 0 Å². The van der Waals surface area contributed by atoms with Crippen molar-refractivity contribution in [2.24, 2.45) is 0 Å². The number of aryl methyl sites for hydroxylation is 2. The highest BCUT2D eigenvalue weighted by Crippen LogP contribution is 2.38. The monoisotopic (exact) mass is 270 g/mol. The van der Waals surface area contributed by atoms with Crippen LogP contribution >= 0.6 is 0 Å². The molecule has 0 aromatic heterocycles. The molecule has 102 valence electrons. The highest BCUT2D eigenvalue weighted by Gasteiger charge is 2.18. The standard InChI is InChI=1S/C21H18/c1-14-9-15(2)11-19(10-14)16-7-8-18-12-17-5-3-4-6-20(17)21(18)13-16/h3-11,13H,12H2,1-2H3. The van der Waals surface area contributed by atoms with Gasteiger partial charge in [0, 0.05) is 0 Å². The summed E-state index contributed by atoms with van der Waals surface area (Å²) < 4.78 is 0. The van der Waals surface area contributed by atoms with E-state index in [1.165, 1.54) is 44.5 Å². The molecule has 0 N–H and O–H groups in total. The minimum atomic E-state index is 1.07. The molecule has 4 rings (SSSR count). The lowest BCUT2D eigenvalue weighted by Crippen LogP contribution is -1.85. The average molecular weight is 270 g/mol. The SMILES string of the molecule is Cc1cc(C)cc(-c2ccc3c(c2)-c2ccccc2C3)c1. The van der Waals surface area contributed by atoms with Crippen molar-refractivity contribution in [1.29, 1.82) is 0 Å². The maximum atomic E-state index is 2.36. The van der Waals surface area contributed by atoms with E-state index in [2.05, 4.69) is 74.5 Å². The predicted octanol–water partition coefficient (Wildman–Crippen LogP) is 5.54. The first-order chi connectivity index (χ1) is 10.2. The Labute approximate surface area is 126 Å². The average Bonchev–Trinajstić information content (AvgIpc) is 2.84. The van der Waals surface area contributed by atoms with Gasteiger partial charge in [-0.2, -0.15) is 0 Å². The van der Waals surface area contributed by atoms with E-state index in [0.717, 1.165) is 6.42 Å². The second-order valence-corrected chi connectivity index (χ2v) is 6.08. The van der Waals surface area contributed by atoms with Gasteiger partial charge in [0.2, 0.25) is 0 Å². The van der Waals surface area contributed by atoms with Crippen LogP contribution in [0.25, 0.3) is 22.3 Å². The molecule has 0 bridgehead atoms. The molecule has 0 heterocycles. The molecule has 0 aliphatic heterocycles. The van der Waals surface area contributed by atoms with Gasteiger partial charge in [0.1, 0.15) is 0 Å². The normalized spacial score (nSPS) is 12.1. The Hall–Kier alpha value is -2.34. The Kier molecular flexibility index (Phi) is 2.71. The highest BCUT2D eigenvalue weighted by molar-refractivity contribution is 5.81. The van der Waals surface area contributed by atoms with E-state index < -0.39 is 0 Å². The smallest absolute Gasteiger partial charge is 0.00134 e. The summed E-state index contributed by atoms with van der Waals surface area (Å²) in [5.74, 6) is 0. The first-order valence-electron chi connectivity index (χ1n) is 7.50. The number of hydrogen-bond donors (Lipinski definition) is 0. The lowest BCUT2D eigenvalue weighted by molar-refractivity contribution is 1.26. The van der Waals surface area contributed by atoms with Gasteiger partial charge in [-0.05, 0) is 59.7 Å². The molecule has 0 atom stereocenters. The van der Waals surface area contributed by atoms with Crippen molar-refractivity contribution in [2.45, 2.75) is 20.3 Å². The van der Waals surface area contributed by atoms with Crippen LogP contribution in [0.3, 0.4) is 0 Å². The van der Waals surface area contributed by atoms with E-state index in [1.807, 2.05) is 0 Å². The summed E-state index contributed by atoms with van der Waals surface area (Å²) in [6, 6.07) is 22.4. The Balaban J connectivity index is 1.88. The number of benzene rings is 3. The minimum absolute atomic E-state index is 1.07. The lowest BCUT2D eigenvalue weighted by atomic mass is 9.96. The van der Waals surface area contributed by atoms with E-state index >= 15 is 0 Å². The van der Waals surface area contributed by atoms with Gasteiger partial charge in [0.05, 0.1) is 0 Å². The van der Waals surface area contributed by atoms with Crippen molar-refractivity contribution in [3.8, 4) is 22.3 Å². The molecule has 0 spiro atoms. The highest BCUT2D eigenvalue weighted by atomic mass is 14.2. The van der Waals surface area contributed by atoms with Crippen LogP contribution in [-0.4, -0.2) is 0 Å². The first kappa shape index (κ1) is 12.4. The van der Waals surface area contributed by atoms with Crippen LogP contribution in [0.4, 0.5) is 0 Å². The fourth-order valence-electron chi connectivity index (χ4n) is 3.44. The Morgan fingerprint density at radius 3 is 2.14 bits per heavy atom. The summed E-state index contributed by atoms with van der Waals surface area (Å²) in [7, 11) is 0. The van der Waals surface area contributed by atoms with Crippen molar-refractivity contribution in [1.82, 2.24) is 0 Å². The zero-order chi connectivity index (χ0) is 14.4. The Bertz CT molecular complexity index is 820. The fourth-order valence-corrected chi connectivity index (χ4v) is 3.44. The summed E-state index contributed by atoms with van der Waals surface area (Å²) in [5, 5.41) is 0. The van der Waals surface area contributed by atoms with Crippen LogP contribution in [0, 0.1) is 13.8 Å². The molecular weight excluding hydrogens is 252 g/mol. The van der Waals surface area contributed by atoms with Gasteiger partial charge >= 0.3 is 0 Å². The van der Waals surface area contributed by atoms with Crippen molar-refractivity contribution in [2.75, 3.05) is 0 Å².